The summed E-state index contributed by atoms with van der Waals surface area (Å²) >= 11 is 0. The Bertz CT molecular complexity index is 401. The number of hydrogen-bond acceptors (Lipinski definition) is 0. The van der Waals surface area contributed by atoms with Crippen LogP contribution < -0.4 is 0 Å². The van der Waals surface area contributed by atoms with Crippen molar-refractivity contribution in [2.75, 3.05) is 0 Å². The molecule has 0 amide bonds. The zero-order valence-corrected chi connectivity index (χ0v) is 13.2. The minimum Gasteiger partial charge on any atom is -0.214 e. The molecule has 3 aliphatic carbocycles. The van der Waals surface area contributed by atoms with Gasteiger partial charge in [0.05, 0.1) is 0 Å². The predicted molar refractivity (Wildman–Crippen MR) is 77.6 cm³/mol. The first-order valence-electron chi connectivity index (χ1n) is 7.58. The fourth-order valence-corrected chi connectivity index (χ4v) is 3.58. The molecule has 1 heteroatoms. The Hall–Kier alpha value is -0.547. The summed E-state index contributed by atoms with van der Waals surface area (Å²) in [6.45, 7) is 0. The molecule has 1 radical (unpaired) electrons. The summed E-state index contributed by atoms with van der Waals surface area (Å²) in [4.78, 5) is 0. The molecule has 2 fully saturated rings. The number of hydrogen-bond donors (Lipinski definition) is 0. The molecular formula is C18H23Rh-. The molecule has 1 aromatic carbocycles. The fraction of sp³-hybridized carbons (Fsp3) is 0.500. The van der Waals surface area contributed by atoms with Gasteiger partial charge >= 0.3 is 0 Å². The van der Waals surface area contributed by atoms with Gasteiger partial charge in [0.1, 0.15) is 0 Å². The van der Waals surface area contributed by atoms with Crippen LogP contribution in [0.25, 0.3) is 0 Å². The number of fused-ring (bicyclic) bond motifs is 2. The van der Waals surface area contributed by atoms with Crippen LogP contribution in [0.2, 0.25) is 0 Å². The molecule has 0 atom stereocenters. The van der Waals surface area contributed by atoms with E-state index in [9.17, 15) is 0 Å². The first-order chi connectivity index (χ1) is 8.97. The van der Waals surface area contributed by atoms with E-state index in [-0.39, 0.29) is 19.5 Å². The van der Waals surface area contributed by atoms with Crippen molar-refractivity contribution in [1.82, 2.24) is 0 Å². The molecule has 0 bridgehead atoms. The van der Waals surface area contributed by atoms with Crippen LogP contribution in [-0.2, 0) is 19.5 Å². The van der Waals surface area contributed by atoms with Gasteiger partial charge in [0.2, 0.25) is 0 Å². The van der Waals surface area contributed by atoms with Gasteiger partial charge < -0.3 is 0 Å². The van der Waals surface area contributed by atoms with Gasteiger partial charge in [-0.3, -0.25) is 0 Å². The molecule has 0 spiro atoms. The predicted octanol–water partition coefficient (Wildman–Crippen LogP) is 5.53. The smallest absolute Gasteiger partial charge is 0 e. The standard InChI is InChI=1S/C13H18.C5H5.Rh/c1-2-6-10-11(7-3-1)13-9-5-4-8-12(10)13;1-2-4-5-3-1;/h1-9H2;1-5H;/q;-1;. The van der Waals surface area contributed by atoms with Gasteiger partial charge in [0.25, 0.3) is 0 Å². The second-order valence-corrected chi connectivity index (χ2v) is 5.64. The van der Waals surface area contributed by atoms with Gasteiger partial charge in [-0.25, -0.2) is 12.1 Å². The van der Waals surface area contributed by atoms with Crippen molar-refractivity contribution in [2.24, 2.45) is 0 Å². The maximum absolute atomic E-state index is 2.00. The molecule has 0 aliphatic heterocycles. The Kier molecular flexibility index (Phi) is 5.70. The second-order valence-electron chi connectivity index (χ2n) is 5.64. The average Bonchev–Trinajstić information content (AvgIpc) is 2.91. The van der Waals surface area contributed by atoms with Crippen molar-refractivity contribution in [3.8, 4) is 0 Å². The van der Waals surface area contributed by atoms with E-state index < -0.39 is 0 Å². The summed E-state index contributed by atoms with van der Waals surface area (Å²) in [5.74, 6) is 0. The maximum atomic E-state index is 2.00. The van der Waals surface area contributed by atoms with Crippen molar-refractivity contribution in [2.45, 2.75) is 57.8 Å². The van der Waals surface area contributed by atoms with Gasteiger partial charge in [-0.1, -0.05) is 6.42 Å². The van der Waals surface area contributed by atoms with Gasteiger partial charge in [0, 0.05) is 19.5 Å². The van der Waals surface area contributed by atoms with E-state index in [1.807, 2.05) is 52.6 Å². The van der Waals surface area contributed by atoms with Crippen molar-refractivity contribution in [3.63, 3.8) is 0 Å². The first kappa shape index (κ1) is 14.9. The minimum atomic E-state index is 0. The molecule has 0 saturated heterocycles. The SMILES string of the molecule is C1CCC2=C3CCCCC3=C2CC1.[Rh].c1cc[cH-]c1. The molecule has 0 N–H and O–H groups in total. The van der Waals surface area contributed by atoms with Crippen LogP contribution >= 0.6 is 0 Å². The van der Waals surface area contributed by atoms with E-state index >= 15 is 0 Å². The molecule has 0 unspecified atom stereocenters. The molecular weight excluding hydrogens is 319 g/mol. The van der Waals surface area contributed by atoms with E-state index in [0.29, 0.717) is 0 Å². The largest absolute Gasteiger partial charge is 0.214 e. The molecule has 1 aromatic rings. The van der Waals surface area contributed by atoms with Crippen LogP contribution in [0.3, 0.4) is 0 Å². The zero-order valence-electron chi connectivity index (χ0n) is 11.6. The fourth-order valence-electron chi connectivity index (χ4n) is 3.58. The van der Waals surface area contributed by atoms with Crippen molar-refractivity contribution >= 4 is 0 Å². The molecule has 3 aliphatic rings. The van der Waals surface area contributed by atoms with Crippen molar-refractivity contribution < 1.29 is 19.5 Å². The summed E-state index contributed by atoms with van der Waals surface area (Å²) in [6.07, 6.45) is 12.9. The van der Waals surface area contributed by atoms with Gasteiger partial charge in [-0.15, -0.1) is 0 Å². The summed E-state index contributed by atoms with van der Waals surface area (Å²) < 4.78 is 0. The van der Waals surface area contributed by atoms with Crippen LogP contribution in [0.1, 0.15) is 57.8 Å². The Balaban J connectivity index is 0.000000190. The van der Waals surface area contributed by atoms with Gasteiger partial charge in [0.15, 0.2) is 0 Å². The van der Waals surface area contributed by atoms with Crippen LogP contribution in [0.5, 0.6) is 0 Å². The third-order valence-electron chi connectivity index (χ3n) is 4.47. The van der Waals surface area contributed by atoms with E-state index in [0.717, 1.165) is 0 Å². The Morgan fingerprint density at radius 3 is 1.26 bits per heavy atom. The monoisotopic (exact) mass is 342 g/mol. The Morgan fingerprint density at radius 1 is 0.579 bits per heavy atom. The quantitative estimate of drug-likeness (QED) is 0.429. The second kappa shape index (κ2) is 7.29. The Labute approximate surface area is 130 Å². The third kappa shape index (κ3) is 3.32. The maximum Gasteiger partial charge on any atom is 0 e. The molecule has 0 aromatic heterocycles. The topological polar surface area (TPSA) is 0 Å². The average molecular weight is 342 g/mol. The minimum absolute atomic E-state index is 0. The summed E-state index contributed by atoms with van der Waals surface area (Å²) in [5.41, 5.74) is 7.24. The number of rotatable bonds is 0. The number of allylic oxidation sites excluding steroid dienone is 4. The molecule has 4 rings (SSSR count). The molecule has 0 heterocycles. The summed E-state index contributed by atoms with van der Waals surface area (Å²) in [5, 5.41) is 0. The van der Waals surface area contributed by atoms with E-state index in [1.165, 1.54) is 57.8 Å². The summed E-state index contributed by atoms with van der Waals surface area (Å²) in [6, 6.07) is 10.0. The Morgan fingerprint density at radius 2 is 0.947 bits per heavy atom. The molecule has 0 nitrogen and oxygen atoms in total. The van der Waals surface area contributed by atoms with Crippen LogP contribution in [0.15, 0.2) is 52.6 Å². The molecule has 19 heavy (non-hydrogen) atoms. The van der Waals surface area contributed by atoms with Crippen LogP contribution in [-0.4, -0.2) is 0 Å². The first-order valence-corrected chi connectivity index (χ1v) is 7.58. The van der Waals surface area contributed by atoms with E-state index in [2.05, 4.69) is 0 Å². The van der Waals surface area contributed by atoms with E-state index in [1.54, 1.807) is 0 Å². The van der Waals surface area contributed by atoms with Crippen LogP contribution in [0, 0.1) is 0 Å². The van der Waals surface area contributed by atoms with Gasteiger partial charge in [-0.2, -0.15) is 18.2 Å². The van der Waals surface area contributed by atoms with Crippen LogP contribution in [0.4, 0.5) is 0 Å². The third-order valence-corrected chi connectivity index (χ3v) is 4.47. The summed E-state index contributed by atoms with van der Waals surface area (Å²) in [7, 11) is 0. The van der Waals surface area contributed by atoms with Crippen molar-refractivity contribution in [3.05, 3.63) is 52.6 Å². The van der Waals surface area contributed by atoms with Gasteiger partial charge in [-0.05, 0) is 73.7 Å². The molecule has 105 valence electrons. The normalized spacial score (nSPS) is 21.1. The van der Waals surface area contributed by atoms with E-state index in [4.69, 9.17) is 0 Å². The zero-order chi connectivity index (χ0) is 12.2. The molecule has 2 saturated carbocycles. The van der Waals surface area contributed by atoms with Crippen molar-refractivity contribution in [1.29, 1.82) is 0 Å².